The number of rotatable bonds is 5. The van der Waals surface area contributed by atoms with Crippen LogP contribution in [0.2, 0.25) is 0 Å². The van der Waals surface area contributed by atoms with Gasteiger partial charge in [-0.1, -0.05) is 44.2 Å². The minimum absolute atomic E-state index is 0.209. The van der Waals surface area contributed by atoms with Crippen molar-refractivity contribution < 1.29 is 14.0 Å². The summed E-state index contributed by atoms with van der Waals surface area (Å²) in [4.78, 5) is 29.4. The van der Waals surface area contributed by atoms with E-state index < -0.39 is 5.91 Å². The summed E-state index contributed by atoms with van der Waals surface area (Å²) < 4.78 is 5.39. The highest BCUT2D eigenvalue weighted by molar-refractivity contribution is 7.17. The van der Waals surface area contributed by atoms with Crippen LogP contribution in [0, 0.1) is 5.92 Å². The molecular weight excluding hydrogens is 350 g/mol. The lowest BCUT2D eigenvalue weighted by Crippen LogP contribution is -2.41. The van der Waals surface area contributed by atoms with Crippen LogP contribution in [-0.4, -0.2) is 16.8 Å². The smallest absolute Gasteiger partial charge is 0.282 e. The number of amides is 2. The summed E-state index contributed by atoms with van der Waals surface area (Å²) in [7, 11) is 0. The number of aromatic nitrogens is 1. The average molecular weight is 369 g/mol. The predicted molar refractivity (Wildman–Crippen MR) is 100 cm³/mol. The second kappa shape index (κ2) is 7.97. The Morgan fingerprint density at radius 2 is 1.88 bits per heavy atom. The third kappa shape index (κ3) is 4.18. The summed E-state index contributed by atoms with van der Waals surface area (Å²) in [6, 6.07) is 13.0. The predicted octanol–water partition coefficient (Wildman–Crippen LogP) is 3.88. The Morgan fingerprint density at radius 3 is 2.54 bits per heavy atom. The van der Waals surface area contributed by atoms with Crippen LogP contribution in [0.25, 0.3) is 22.0 Å². The molecular formula is C19H19N3O3S. The quantitative estimate of drug-likeness (QED) is 0.669. The van der Waals surface area contributed by atoms with Gasteiger partial charge in [-0.3, -0.25) is 20.4 Å². The van der Waals surface area contributed by atoms with E-state index in [1.807, 2.05) is 44.2 Å². The van der Waals surface area contributed by atoms with E-state index >= 15 is 0 Å². The molecule has 0 unspecified atom stereocenters. The number of carbonyl (C=O) groups excluding carboxylic acids is 2. The van der Waals surface area contributed by atoms with Gasteiger partial charge in [-0.2, -0.15) is 0 Å². The van der Waals surface area contributed by atoms with Crippen molar-refractivity contribution in [2.24, 2.45) is 5.92 Å². The van der Waals surface area contributed by atoms with Crippen LogP contribution >= 0.6 is 11.3 Å². The van der Waals surface area contributed by atoms with Crippen molar-refractivity contribution in [2.45, 2.75) is 20.3 Å². The number of hydrogen-bond donors (Lipinski definition) is 2. The SMILES string of the molecule is CC(C)CC(=O)NNC(=O)c1sc(-c2ccco2)nc1-c1ccccc1. The van der Waals surface area contributed by atoms with Crippen molar-refractivity contribution in [2.75, 3.05) is 0 Å². The molecule has 7 heteroatoms. The number of carbonyl (C=O) groups is 2. The van der Waals surface area contributed by atoms with E-state index in [0.717, 1.165) is 5.56 Å². The fourth-order valence-corrected chi connectivity index (χ4v) is 3.33. The minimum Gasteiger partial charge on any atom is -0.462 e. The highest BCUT2D eigenvalue weighted by Crippen LogP contribution is 2.33. The largest absolute Gasteiger partial charge is 0.462 e. The highest BCUT2D eigenvalue weighted by atomic mass is 32.1. The first-order valence-electron chi connectivity index (χ1n) is 8.24. The molecule has 0 aliphatic heterocycles. The third-order valence-corrected chi connectivity index (χ3v) is 4.59. The number of nitrogens with one attached hydrogen (secondary N) is 2. The summed E-state index contributed by atoms with van der Waals surface area (Å²) in [6.07, 6.45) is 1.90. The Balaban J connectivity index is 1.87. The van der Waals surface area contributed by atoms with Gasteiger partial charge in [-0.25, -0.2) is 4.98 Å². The highest BCUT2D eigenvalue weighted by Gasteiger charge is 2.21. The average Bonchev–Trinajstić information content (AvgIpc) is 3.29. The van der Waals surface area contributed by atoms with Crippen molar-refractivity contribution >= 4 is 23.2 Å². The molecule has 2 amide bonds. The topological polar surface area (TPSA) is 84.2 Å². The van der Waals surface area contributed by atoms with Gasteiger partial charge >= 0.3 is 0 Å². The van der Waals surface area contributed by atoms with Crippen LogP contribution in [0.4, 0.5) is 0 Å². The Hall–Kier alpha value is -2.93. The molecule has 3 aromatic rings. The summed E-state index contributed by atoms with van der Waals surface area (Å²) >= 11 is 1.22. The molecule has 2 heterocycles. The molecule has 0 aliphatic rings. The van der Waals surface area contributed by atoms with E-state index in [9.17, 15) is 9.59 Å². The molecule has 3 rings (SSSR count). The van der Waals surface area contributed by atoms with E-state index in [2.05, 4.69) is 15.8 Å². The van der Waals surface area contributed by atoms with Crippen LogP contribution in [-0.2, 0) is 4.79 Å². The van der Waals surface area contributed by atoms with Gasteiger partial charge in [0.2, 0.25) is 5.91 Å². The fraction of sp³-hybridized carbons (Fsp3) is 0.211. The van der Waals surface area contributed by atoms with Crippen molar-refractivity contribution in [1.29, 1.82) is 0 Å². The number of benzene rings is 1. The first-order valence-corrected chi connectivity index (χ1v) is 9.05. The van der Waals surface area contributed by atoms with Crippen LogP contribution in [0.5, 0.6) is 0 Å². The Morgan fingerprint density at radius 1 is 1.12 bits per heavy atom. The van der Waals surface area contributed by atoms with Crippen molar-refractivity contribution in [3.8, 4) is 22.0 Å². The van der Waals surface area contributed by atoms with E-state index in [1.165, 1.54) is 11.3 Å². The van der Waals surface area contributed by atoms with Gasteiger partial charge < -0.3 is 4.42 Å². The van der Waals surface area contributed by atoms with Crippen LogP contribution < -0.4 is 10.9 Å². The molecule has 2 N–H and O–H groups in total. The number of hydrazine groups is 1. The van der Waals surface area contributed by atoms with Gasteiger partial charge in [0, 0.05) is 12.0 Å². The molecule has 0 saturated heterocycles. The van der Waals surface area contributed by atoms with Gasteiger partial charge in [-0.05, 0) is 18.1 Å². The van der Waals surface area contributed by atoms with Gasteiger partial charge in [-0.15, -0.1) is 11.3 Å². The Labute approximate surface area is 155 Å². The maximum absolute atomic E-state index is 12.6. The zero-order chi connectivity index (χ0) is 18.5. The summed E-state index contributed by atoms with van der Waals surface area (Å²) in [5.41, 5.74) is 6.30. The molecule has 0 fully saturated rings. The first-order chi connectivity index (χ1) is 12.5. The number of hydrogen-bond acceptors (Lipinski definition) is 5. The molecule has 0 spiro atoms. The molecule has 0 atom stereocenters. The minimum atomic E-state index is -0.406. The molecule has 26 heavy (non-hydrogen) atoms. The summed E-state index contributed by atoms with van der Waals surface area (Å²) in [6.45, 7) is 3.88. The number of nitrogens with zero attached hydrogens (tertiary/aromatic N) is 1. The summed E-state index contributed by atoms with van der Waals surface area (Å²) in [5.74, 6) is 0.164. The second-order valence-corrected chi connectivity index (χ2v) is 7.14. The standard InChI is InChI=1S/C19H19N3O3S/c1-12(2)11-15(23)21-22-18(24)17-16(13-7-4-3-5-8-13)20-19(26-17)14-9-6-10-25-14/h3-10,12H,11H2,1-2H3,(H,21,23)(H,22,24). The fourth-order valence-electron chi connectivity index (χ4n) is 2.38. The molecule has 6 nitrogen and oxygen atoms in total. The maximum atomic E-state index is 12.6. The lowest BCUT2D eigenvalue weighted by atomic mass is 10.1. The van der Waals surface area contributed by atoms with Crippen LogP contribution in [0.3, 0.4) is 0 Å². The molecule has 0 aliphatic carbocycles. The molecule has 134 valence electrons. The van der Waals surface area contributed by atoms with Gasteiger partial charge in [0.25, 0.3) is 5.91 Å². The lowest BCUT2D eigenvalue weighted by Gasteiger charge is -2.08. The normalized spacial score (nSPS) is 10.7. The number of furan rings is 1. The van der Waals surface area contributed by atoms with Gasteiger partial charge in [0.1, 0.15) is 4.88 Å². The van der Waals surface area contributed by atoms with Gasteiger partial charge in [0.15, 0.2) is 10.8 Å². The van der Waals surface area contributed by atoms with Crippen molar-refractivity contribution in [3.05, 3.63) is 53.6 Å². The molecule has 1 aromatic carbocycles. The Kier molecular flexibility index (Phi) is 5.48. The zero-order valence-corrected chi connectivity index (χ0v) is 15.3. The first kappa shape index (κ1) is 17.9. The lowest BCUT2D eigenvalue weighted by molar-refractivity contribution is -0.122. The number of thiazole rings is 1. The van der Waals surface area contributed by atoms with E-state index in [1.54, 1.807) is 18.4 Å². The second-order valence-electron chi connectivity index (χ2n) is 6.14. The van der Waals surface area contributed by atoms with Crippen molar-refractivity contribution in [3.63, 3.8) is 0 Å². The van der Waals surface area contributed by atoms with E-state index in [4.69, 9.17) is 4.42 Å². The maximum Gasteiger partial charge on any atom is 0.282 e. The van der Waals surface area contributed by atoms with Crippen LogP contribution in [0.1, 0.15) is 29.9 Å². The molecule has 2 aromatic heterocycles. The summed E-state index contributed by atoms with van der Waals surface area (Å²) in [5, 5.41) is 0.604. The monoisotopic (exact) mass is 369 g/mol. The van der Waals surface area contributed by atoms with E-state index in [0.29, 0.717) is 27.8 Å². The van der Waals surface area contributed by atoms with E-state index in [-0.39, 0.29) is 11.8 Å². The van der Waals surface area contributed by atoms with Crippen LogP contribution in [0.15, 0.2) is 53.1 Å². The zero-order valence-electron chi connectivity index (χ0n) is 14.5. The Bertz CT molecular complexity index is 886. The molecule has 0 saturated carbocycles. The van der Waals surface area contributed by atoms with Gasteiger partial charge in [0.05, 0.1) is 12.0 Å². The van der Waals surface area contributed by atoms with Crippen molar-refractivity contribution in [1.82, 2.24) is 15.8 Å². The third-order valence-electron chi connectivity index (χ3n) is 3.52. The molecule has 0 bridgehead atoms. The molecule has 0 radical (unpaired) electrons.